The normalized spacial score (nSPS) is 11.1. The van der Waals surface area contributed by atoms with Crippen LogP contribution in [0.3, 0.4) is 0 Å². The summed E-state index contributed by atoms with van der Waals surface area (Å²) < 4.78 is 0. The van der Waals surface area contributed by atoms with Crippen LogP contribution in [0.4, 0.5) is 0 Å². The predicted octanol–water partition coefficient (Wildman–Crippen LogP) is 3.24. The maximum atomic E-state index is 5.31. The fourth-order valence-corrected chi connectivity index (χ4v) is 2.89. The van der Waals surface area contributed by atoms with E-state index in [4.69, 9.17) is 5.84 Å². The van der Waals surface area contributed by atoms with Gasteiger partial charge in [0.15, 0.2) is 0 Å². The summed E-state index contributed by atoms with van der Waals surface area (Å²) in [5.41, 5.74) is 6.08. The molecule has 4 heteroatoms. The minimum absolute atomic E-state index is 0.609. The van der Waals surface area contributed by atoms with Gasteiger partial charge in [-0.15, -0.1) is 11.3 Å². The molecular weight excluding hydrogens is 254 g/mol. The number of aryl methyl sites for hydroxylation is 1. The first-order chi connectivity index (χ1) is 9.26. The van der Waals surface area contributed by atoms with E-state index in [1.165, 1.54) is 16.3 Å². The number of nitrogens with zero attached hydrogens (tertiary/aromatic N) is 1. The van der Waals surface area contributed by atoms with Crippen molar-refractivity contribution in [2.45, 2.75) is 13.5 Å². The number of hydrazine groups is 1. The van der Waals surface area contributed by atoms with Crippen molar-refractivity contribution in [1.82, 2.24) is 10.4 Å². The Kier molecular flexibility index (Phi) is 3.29. The van der Waals surface area contributed by atoms with Crippen LogP contribution < -0.4 is 11.3 Å². The molecule has 19 heavy (non-hydrogen) atoms. The highest BCUT2D eigenvalue weighted by Crippen LogP contribution is 2.26. The van der Waals surface area contributed by atoms with E-state index in [0.717, 1.165) is 16.3 Å². The van der Waals surface area contributed by atoms with Gasteiger partial charge in [-0.25, -0.2) is 4.98 Å². The Hall–Kier alpha value is -1.75. The number of nitrogens with two attached hydrogens (primary N) is 1. The largest absolute Gasteiger partial charge is 0.271 e. The molecule has 0 saturated heterocycles. The highest BCUT2D eigenvalue weighted by Gasteiger charge is 2.05. The van der Waals surface area contributed by atoms with Gasteiger partial charge in [0.2, 0.25) is 0 Å². The van der Waals surface area contributed by atoms with Crippen LogP contribution in [0.5, 0.6) is 0 Å². The fraction of sp³-hybridized carbons (Fsp3) is 0.133. The number of aromatic nitrogens is 1. The number of thiazole rings is 1. The first-order valence-corrected chi connectivity index (χ1v) is 7.03. The van der Waals surface area contributed by atoms with E-state index >= 15 is 0 Å². The van der Waals surface area contributed by atoms with Gasteiger partial charge in [0.1, 0.15) is 5.01 Å². The van der Waals surface area contributed by atoms with Crippen molar-refractivity contribution in [1.29, 1.82) is 0 Å². The third-order valence-electron chi connectivity index (χ3n) is 3.10. The summed E-state index contributed by atoms with van der Waals surface area (Å²) in [5.74, 6) is 5.31. The van der Waals surface area contributed by atoms with Gasteiger partial charge in [0.05, 0.1) is 12.2 Å². The van der Waals surface area contributed by atoms with Crippen LogP contribution in [0.2, 0.25) is 0 Å². The Labute approximate surface area is 116 Å². The number of nitrogens with one attached hydrogen (secondary N) is 1. The van der Waals surface area contributed by atoms with Gasteiger partial charge in [0, 0.05) is 10.9 Å². The summed E-state index contributed by atoms with van der Waals surface area (Å²) >= 11 is 1.62. The third-order valence-corrected chi connectivity index (χ3v) is 3.95. The van der Waals surface area contributed by atoms with Crippen molar-refractivity contribution < 1.29 is 0 Å². The standard InChI is InChI=1S/C15H15N3S/c1-10-2-3-12-7-13(5-4-11(12)6-10)14-9-19-15(18-14)8-17-16/h2-7,9,17H,8,16H2,1H3. The first-order valence-electron chi connectivity index (χ1n) is 6.15. The van der Waals surface area contributed by atoms with Crippen LogP contribution >= 0.6 is 11.3 Å². The predicted molar refractivity (Wildman–Crippen MR) is 80.8 cm³/mol. The maximum Gasteiger partial charge on any atom is 0.108 e. The topological polar surface area (TPSA) is 50.9 Å². The molecule has 3 nitrogen and oxygen atoms in total. The average molecular weight is 269 g/mol. The Morgan fingerprint density at radius 3 is 2.79 bits per heavy atom. The molecule has 0 saturated carbocycles. The SMILES string of the molecule is Cc1ccc2cc(-c3csc(CNN)n3)ccc2c1. The summed E-state index contributed by atoms with van der Waals surface area (Å²) in [6.45, 7) is 2.72. The monoisotopic (exact) mass is 269 g/mol. The molecule has 1 heterocycles. The number of hydrogen-bond donors (Lipinski definition) is 2. The second kappa shape index (κ2) is 5.09. The molecule has 0 unspecified atom stereocenters. The van der Waals surface area contributed by atoms with Crippen LogP contribution in [0, 0.1) is 6.92 Å². The van der Waals surface area contributed by atoms with E-state index in [0.29, 0.717) is 6.54 Å². The summed E-state index contributed by atoms with van der Waals surface area (Å²) in [6, 6.07) is 12.9. The maximum absolute atomic E-state index is 5.31. The second-order valence-electron chi connectivity index (χ2n) is 4.57. The van der Waals surface area contributed by atoms with E-state index in [1.807, 2.05) is 0 Å². The highest BCUT2D eigenvalue weighted by atomic mass is 32.1. The second-order valence-corrected chi connectivity index (χ2v) is 5.52. The summed E-state index contributed by atoms with van der Waals surface area (Å²) in [4.78, 5) is 4.57. The Bertz CT molecular complexity index is 718. The number of hydrogen-bond acceptors (Lipinski definition) is 4. The lowest BCUT2D eigenvalue weighted by Crippen LogP contribution is -2.20. The summed E-state index contributed by atoms with van der Waals surface area (Å²) in [6.07, 6.45) is 0. The van der Waals surface area contributed by atoms with Crippen molar-refractivity contribution in [2.75, 3.05) is 0 Å². The molecule has 0 radical (unpaired) electrons. The van der Waals surface area contributed by atoms with Crippen molar-refractivity contribution >= 4 is 22.1 Å². The number of benzene rings is 2. The van der Waals surface area contributed by atoms with Crippen molar-refractivity contribution in [3.05, 3.63) is 52.3 Å². The first kappa shape index (κ1) is 12.3. The zero-order valence-electron chi connectivity index (χ0n) is 10.7. The molecule has 3 aromatic rings. The minimum Gasteiger partial charge on any atom is -0.271 e. The van der Waals surface area contributed by atoms with Crippen molar-refractivity contribution in [3.8, 4) is 11.3 Å². The summed E-state index contributed by atoms with van der Waals surface area (Å²) in [5, 5.41) is 5.58. The fourth-order valence-electron chi connectivity index (χ4n) is 2.14. The lowest BCUT2D eigenvalue weighted by atomic mass is 10.0. The molecule has 96 valence electrons. The van der Waals surface area contributed by atoms with Gasteiger partial charge in [-0.3, -0.25) is 11.3 Å². The number of rotatable bonds is 3. The van der Waals surface area contributed by atoms with E-state index in [-0.39, 0.29) is 0 Å². The third kappa shape index (κ3) is 2.51. The molecule has 0 spiro atoms. The molecule has 0 atom stereocenters. The zero-order valence-corrected chi connectivity index (χ0v) is 11.5. The van der Waals surface area contributed by atoms with Crippen LogP contribution in [0.25, 0.3) is 22.0 Å². The van der Waals surface area contributed by atoms with Crippen LogP contribution in [0.15, 0.2) is 41.8 Å². The Morgan fingerprint density at radius 1 is 1.16 bits per heavy atom. The van der Waals surface area contributed by atoms with Crippen LogP contribution in [0.1, 0.15) is 10.6 Å². The van der Waals surface area contributed by atoms with E-state index in [1.54, 1.807) is 11.3 Å². The van der Waals surface area contributed by atoms with Gasteiger partial charge in [0.25, 0.3) is 0 Å². The summed E-state index contributed by atoms with van der Waals surface area (Å²) in [7, 11) is 0. The molecule has 2 aromatic carbocycles. The molecule has 0 amide bonds. The molecule has 3 N–H and O–H groups in total. The Balaban J connectivity index is 2.02. The molecule has 0 bridgehead atoms. The molecule has 0 aliphatic heterocycles. The van der Waals surface area contributed by atoms with Crippen molar-refractivity contribution in [2.24, 2.45) is 5.84 Å². The molecule has 3 rings (SSSR count). The van der Waals surface area contributed by atoms with Crippen LogP contribution in [-0.2, 0) is 6.54 Å². The van der Waals surface area contributed by atoms with Gasteiger partial charge in [-0.1, -0.05) is 35.9 Å². The molecule has 0 aliphatic rings. The van der Waals surface area contributed by atoms with E-state index in [9.17, 15) is 0 Å². The van der Waals surface area contributed by atoms with Gasteiger partial charge < -0.3 is 0 Å². The highest BCUT2D eigenvalue weighted by molar-refractivity contribution is 7.09. The molecule has 1 aromatic heterocycles. The quantitative estimate of drug-likeness (QED) is 0.567. The van der Waals surface area contributed by atoms with E-state index in [2.05, 4.69) is 59.1 Å². The van der Waals surface area contributed by atoms with Gasteiger partial charge in [-0.2, -0.15) is 0 Å². The molecule has 0 fully saturated rings. The Morgan fingerprint density at radius 2 is 1.95 bits per heavy atom. The molecule has 0 aliphatic carbocycles. The van der Waals surface area contributed by atoms with Crippen LogP contribution in [-0.4, -0.2) is 4.98 Å². The minimum atomic E-state index is 0.609. The lowest BCUT2D eigenvalue weighted by Gasteiger charge is -2.02. The van der Waals surface area contributed by atoms with E-state index < -0.39 is 0 Å². The molecular formula is C15H15N3S. The smallest absolute Gasteiger partial charge is 0.108 e. The number of fused-ring (bicyclic) bond motifs is 1. The zero-order chi connectivity index (χ0) is 13.2. The van der Waals surface area contributed by atoms with Crippen molar-refractivity contribution in [3.63, 3.8) is 0 Å². The average Bonchev–Trinajstić information content (AvgIpc) is 2.87. The van der Waals surface area contributed by atoms with Gasteiger partial charge >= 0.3 is 0 Å². The van der Waals surface area contributed by atoms with Gasteiger partial charge in [-0.05, 0) is 23.8 Å². The lowest BCUT2D eigenvalue weighted by molar-refractivity contribution is 0.737.